The van der Waals surface area contributed by atoms with Crippen molar-refractivity contribution in [3.05, 3.63) is 52.1 Å². The van der Waals surface area contributed by atoms with E-state index in [1.807, 2.05) is 0 Å². The first-order valence-electron chi connectivity index (χ1n) is 9.08. The summed E-state index contributed by atoms with van der Waals surface area (Å²) >= 11 is 1.71. The minimum Gasteiger partial charge on any atom is -0.448 e. The van der Waals surface area contributed by atoms with Gasteiger partial charge in [-0.3, -0.25) is 0 Å². The van der Waals surface area contributed by atoms with Crippen molar-refractivity contribution in [2.75, 3.05) is 4.90 Å². The first-order valence-corrected chi connectivity index (χ1v) is 9.96. The molecule has 2 aliphatic rings. The third kappa shape index (κ3) is 1.49. The maximum absolute atomic E-state index is 6.30. The third-order valence-electron chi connectivity index (χ3n) is 7.68. The van der Waals surface area contributed by atoms with Gasteiger partial charge in [0.15, 0.2) is 4.90 Å². The Kier molecular flexibility index (Phi) is 2.68. The van der Waals surface area contributed by atoms with E-state index in [1.165, 1.54) is 27.8 Å². The topological polar surface area (TPSA) is 16.4 Å². The highest BCUT2D eigenvalue weighted by molar-refractivity contribution is 7.16. The highest BCUT2D eigenvalue weighted by Crippen LogP contribution is 2.66. The summed E-state index contributed by atoms with van der Waals surface area (Å²) in [6, 6.07) is 9.02. The predicted octanol–water partition coefficient (Wildman–Crippen LogP) is 6.36. The van der Waals surface area contributed by atoms with Crippen LogP contribution in [0.15, 0.2) is 34.1 Å². The molecule has 1 aromatic carbocycles. The van der Waals surface area contributed by atoms with Crippen LogP contribution in [-0.4, -0.2) is 0 Å². The first-order chi connectivity index (χ1) is 11.7. The molecule has 2 aliphatic heterocycles. The molecule has 0 amide bonds. The zero-order valence-corrected chi connectivity index (χ0v) is 16.7. The summed E-state index contributed by atoms with van der Waals surface area (Å²) in [4.78, 5) is 3.70. The van der Waals surface area contributed by atoms with E-state index in [1.54, 1.807) is 11.3 Å². The Morgan fingerprint density at radius 2 is 1.84 bits per heavy atom. The molecule has 0 saturated carbocycles. The molecule has 0 spiro atoms. The summed E-state index contributed by atoms with van der Waals surface area (Å²) < 4.78 is 6.30. The van der Waals surface area contributed by atoms with Gasteiger partial charge in [-0.1, -0.05) is 45.9 Å². The van der Waals surface area contributed by atoms with E-state index in [-0.39, 0.29) is 16.4 Å². The summed E-state index contributed by atoms with van der Waals surface area (Å²) in [5, 5.41) is 3.46. The smallest absolute Gasteiger partial charge is 0.188 e. The average Bonchev–Trinajstić information content (AvgIpc) is 3.17. The number of para-hydroxylation sites is 1. The van der Waals surface area contributed by atoms with E-state index in [2.05, 4.69) is 76.1 Å². The van der Waals surface area contributed by atoms with Gasteiger partial charge in [0.2, 0.25) is 0 Å². The van der Waals surface area contributed by atoms with Crippen molar-refractivity contribution in [1.29, 1.82) is 0 Å². The summed E-state index contributed by atoms with van der Waals surface area (Å²) in [6.07, 6.45) is 0. The maximum Gasteiger partial charge on any atom is 0.188 e. The second-order valence-corrected chi connectivity index (χ2v) is 9.78. The third-order valence-corrected chi connectivity index (χ3v) is 8.47. The molecule has 0 N–H and O–H groups in total. The van der Waals surface area contributed by atoms with Gasteiger partial charge in [0, 0.05) is 22.1 Å². The highest BCUT2D eigenvalue weighted by Gasteiger charge is 2.63. The van der Waals surface area contributed by atoms with E-state index in [9.17, 15) is 0 Å². The van der Waals surface area contributed by atoms with Gasteiger partial charge in [0.05, 0.1) is 12.1 Å². The molecule has 3 aromatic rings. The van der Waals surface area contributed by atoms with Crippen LogP contribution >= 0.6 is 11.3 Å². The van der Waals surface area contributed by atoms with Gasteiger partial charge in [0.1, 0.15) is 5.76 Å². The lowest BCUT2D eigenvalue weighted by Gasteiger charge is -2.61. The van der Waals surface area contributed by atoms with Crippen molar-refractivity contribution in [2.45, 2.75) is 59.0 Å². The Hall–Kier alpha value is -1.74. The lowest BCUT2D eigenvalue weighted by atomic mass is 9.51. The SMILES string of the molecule is Cc1cccc2c1N1Cc3oc4sccc4c3C1(C)C(C)(C)C2(C)C. The van der Waals surface area contributed by atoms with Crippen LogP contribution in [-0.2, 0) is 17.5 Å². The van der Waals surface area contributed by atoms with Crippen molar-refractivity contribution in [2.24, 2.45) is 5.41 Å². The van der Waals surface area contributed by atoms with E-state index >= 15 is 0 Å². The zero-order chi connectivity index (χ0) is 17.8. The fourth-order valence-corrected chi connectivity index (χ4v) is 6.15. The molecular weight excluding hydrogens is 326 g/mol. The van der Waals surface area contributed by atoms with Gasteiger partial charge in [-0.05, 0) is 41.8 Å². The molecule has 0 aliphatic carbocycles. The minimum absolute atomic E-state index is 0.0464. The summed E-state index contributed by atoms with van der Waals surface area (Å²) in [7, 11) is 0. The fourth-order valence-electron chi connectivity index (χ4n) is 5.37. The van der Waals surface area contributed by atoms with Crippen LogP contribution in [0, 0.1) is 12.3 Å². The molecule has 1 atom stereocenters. The monoisotopic (exact) mass is 351 g/mol. The number of aryl methyl sites for hydroxylation is 1. The Morgan fingerprint density at radius 1 is 1.08 bits per heavy atom. The largest absolute Gasteiger partial charge is 0.448 e. The number of furan rings is 1. The van der Waals surface area contributed by atoms with Crippen molar-refractivity contribution in [1.82, 2.24) is 0 Å². The fraction of sp³-hybridized carbons (Fsp3) is 0.455. The number of fused-ring (bicyclic) bond motifs is 7. The van der Waals surface area contributed by atoms with Crippen LogP contribution < -0.4 is 4.90 Å². The molecule has 0 radical (unpaired) electrons. The molecule has 25 heavy (non-hydrogen) atoms. The number of benzene rings is 1. The molecule has 130 valence electrons. The number of anilines is 1. The number of hydrogen-bond acceptors (Lipinski definition) is 3. The van der Waals surface area contributed by atoms with Crippen LogP contribution in [0.5, 0.6) is 0 Å². The van der Waals surface area contributed by atoms with Crippen LogP contribution in [0.25, 0.3) is 10.3 Å². The van der Waals surface area contributed by atoms with Gasteiger partial charge >= 0.3 is 0 Å². The number of rotatable bonds is 0. The van der Waals surface area contributed by atoms with E-state index in [0.717, 1.165) is 17.2 Å². The molecule has 0 bridgehead atoms. The van der Waals surface area contributed by atoms with Crippen LogP contribution in [0.1, 0.15) is 57.1 Å². The summed E-state index contributed by atoms with van der Waals surface area (Å²) in [5.74, 6) is 1.16. The van der Waals surface area contributed by atoms with Gasteiger partial charge in [-0.2, -0.15) is 0 Å². The minimum atomic E-state index is -0.0860. The molecule has 0 saturated heterocycles. The molecular formula is C22H25NOS. The second-order valence-electron chi connectivity index (χ2n) is 8.90. The van der Waals surface area contributed by atoms with Crippen LogP contribution in [0.3, 0.4) is 0 Å². The van der Waals surface area contributed by atoms with Crippen LogP contribution in [0.4, 0.5) is 5.69 Å². The lowest BCUT2D eigenvalue weighted by molar-refractivity contribution is 0.0693. The maximum atomic E-state index is 6.30. The Balaban J connectivity index is 1.91. The van der Waals surface area contributed by atoms with E-state index < -0.39 is 0 Å². The average molecular weight is 352 g/mol. The number of hydrogen-bond donors (Lipinski definition) is 0. The van der Waals surface area contributed by atoms with Crippen molar-refractivity contribution >= 4 is 27.3 Å². The van der Waals surface area contributed by atoms with E-state index in [4.69, 9.17) is 4.42 Å². The first kappa shape index (κ1) is 15.5. The Labute approximate surface area is 153 Å². The molecule has 2 aromatic heterocycles. The standard InChI is InChI=1S/C22H25NOS/c1-13-8-7-9-15-18(13)23-12-16-17(14-10-11-25-19(14)24-16)22(23,6)21(4,5)20(15,2)3/h7-11H,12H2,1-6H3. The summed E-state index contributed by atoms with van der Waals surface area (Å²) in [5.41, 5.74) is 5.66. The Morgan fingerprint density at radius 3 is 2.60 bits per heavy atom. The van der Waals surface area contributed by atoms with Crippen LogP contribution in [0.2, 0.25) is 0 Å². The molecule has 1 unspecified atom stereocenters. The quantitative estimate of drug-likeness (QED) is 0.469. The lowest BCUT2D eigenvalue weighted by Crippen LogP contribution is -2.61. The zero-order valence-electron chi connectivity index (χ0n) is 15.9. The second kappa shape index (κ2) is 4.32. The highest BCUT2D eigenvalue weighted by atomic mass is 32.1. The van der Waals surface area contributed by atoms with Crippen molar-refractivity contribution in [3.8, 4) is 0 Å². The molecule has 3 heteroatoms. The molecule has 0 fully saturated rings. The van der Waals surface area contributed by atoms with Gasteiger partial charge in [-0.15, -0.1) is 11.3 Å². The summed E-state index contributed by atoms with van der Waals surface area (Å²) in [6.45, 7) is 15.2. The normalized spacial score (nSPS) is 25.8. The van der Waals surface area contributed by atoms with Gasteiger partial charge < -0.3 is 9.32 Å². The molecule has 5 rings (SSSR count). The molecule has 4 heterocycles. The molecule has 2 nitrogen and oxygen atoms in total. The predicted molar refractivity (Wildman–Crippen MR) is 106 cm³/mol. The van der Waals surface area contributed by atoms with Crippen molar-refractivity contribution in [3.63, 3.8) is 0 Å². The van der Waals surface area contributed by atoms with Gasteiger partial charge in [-0.25, -0.2) is 0 Å². The number of nitrogens with zero attached hydrogens (tertiary/aromatic N) is 1. The number of thiophene rings is 1. The van der Waals surface area contributed by atoms with Crippen molar-refractivity contribution < 1.29 is 4.42 Å². The van der Waals surface area contributed by atoms with Gasteiger partial charge in [0.25, 0.3) is 0 Å². The van der Waals surface area contributed by atoms with E-state index in [0.29, 0.717) is 0 Å². The Bertz CT molecular complexity index is 1020.